The van der Waals surface area contributed by atoms with Crippen LogP contribution in [-0.2, 0) is 10.3 Å². The van der Waals surface area contributed by atoms with Crippen molar-refractivity contribution in [2.24, 2.45) is 0 Å². The van der Waals surface area contributed by atoms with Gasteiger partial charge in [0.1, 0.15) is 0 Å². The van der Waals surface area contributed by atoms with Crippen LogP contribution >= 0.6 is 0 Å². The summed E-state index contributed by atoms with van der Waals surface area (Å²) >= 11 is 0. The molecule has 1 amide bonds. The fraction of sp³-hybridized carbons (Fsp3) is 0.333. The van der Waals surface area contributed by atoms with E-state index in [1.54, 1.807) is 13.0 Å². The molecule has 0 saturated heterocycles. The Bertz CT molecular complexity index is 501. The quantitative estimate of drug-likeness (QED) is 0.655. The number of rotatable bonds is 4. The average molecular weight is 245 g/mol. The van der Waals surface area contributed by atoms with E-state index in [2.05, 4.69) is 11.9 Å². The zero-order valence-corrected chi connectivity index (χ0v) is 11.3. The van der Waals surface area contributed by atoms with Gasteiger partial charge in [0, 0.05) is 11.1 Å². The summed E-state index contributed by atoms with van der Waals surface area (Å²) in [7, 11) is 0. The molecule has 0 heterocycles. The molecule has 1 N–H and O–H groups in total. The lowest BCUT2D eigenvalue weighted by molar-refractivity contribution is -0.119. The van der Waals surface area contributed by atoms with Gasteiger partial charge in [-0.1, -0.05) is 30.8 Å². The Balaban J connectivity index is 3.16. The maximum Gasteiger partial charge on any atom is 0.246 e. The monoisotopic (exact) mass is 245 g/mol. The lowest BCUT2D eigenvalue weighted by Gasteiger charge is -2.28. The first kappa shape index (κ1) is 14.2. The van der Waals surface area contributed by atoms with E-state index in [-0.39, 0.29) is 11.7 Å². The van der Waals surface area contributed by atoms with E-state index in [0.29, 0.717) is 11.1 Å². The predicted octanol–water partition coefficient (Wildman–Crippen LogP) is 2.82. The van der Waals surface area contributed by atoms with Crippen LogP contribution in [0.4, 0.5) is 0 Å². The first-order chi connectivity index (χ1) is 8.25. The molecule has 0 radical (unpaired) electrons. The van der Waals surface area contributed by atoms with Crippen LogP contribution in [0.5, 0.6) is 0 Å². The highest BCUT2D eigenvalue weighted by Crippen LogP contribution is 2.24. The summed E-state index contributed by atoms with van der Waals surface area (Å²) < 4.78 is 0. The number of amides is 1. The van der Waals surface area contributed by atoms with Gasteiger partial charge in [0.15, 0.2) is 5.78 Å². The minimum absolute atomic E-state index is 0.0109. The zero-order chi connectivity index (χ0) is 13.9. The highest BCUT2D eigenvalue weighted by molar-refractivity contribution is 5.97. The maximum absolute atomic E-state index is 11.7. The van der Waals surface area contributed by atoms with Crippen LogP contribution < -0.4 is 5.32 Å². The lowest BCUT2D eigenvalue weighted by Crippen LogP contribution is -2.42. The van der Waals surface area contributed by atoms with Gasteiger partial charge < -0.3 is 5.32 Å². The fourth-order valence-electron chi connectivity index (χ4n) is 1.79. The molecule has 0 bridgehead atoms. The smallest absolute Gasteiger partial charge is 0.246 e. The van der Waals surface area contributed by atoms with Crippen LogP contribution in [0.2, 0.25) is 0 Å². The Labute approximate surface area is 108 Å². The van der Waals surface area contributed by atoms with Gasteiger partial charge in [-0.15, -0.1) is 0 Å². The van der Waals surface area contributed by atoms with E-state index < -0.39 is 5.54 Å². The fourth-order valence-corrected chi connectivity index (χ4v) is 1.79. The summed E-state index contributed by atoms with van der Waals surface area (Å²) in [5.74, 6) is -0.221. The first-order valence-electron chi connectivity index (χ1n) is 5.84. The average Bonchev–Trinajstić information content (AvgIpc) is 2.28. The van der Waals surface area contributed by atoms with E-state index in [0.717, 1.165) is 5.56 Å². The number of ketones is 1. The Kier molecular flexibility index (Phi) is 4.07. The third kappa shape index (κ3) is 3.06. The molecule has 18 heavy (non-hydrogen) atoms. The molecule has 0 aliphatic rings. The van der Waals surface area contributed by atoms with Crippen molar-refractivity contribution in [3.8, 4) is 0 Å². The second-order valence-corrected chi connectivity index (χ2v) is 4.96. The predicted molar refractivity (Wildman–Crippen MR) is 72.4 cm³/mol. The van der Waals surface area contributed by atoms with Gasteiger partial charge in [-0.3, -0.25) is 9.59 Å². The molecule has 0 atom stereocenters. The molecule has 0 saturated carbocycles. The minimum Gasteiger partial charge on any atom is -0.343 e. The Hall–Kier alpha value is -1.90. The van der Waals surface area contributed by atoms with E-state index in [1.807, 2.05) is 32.0 Å². The summed E-state index contributed by atoms with van der Waals surface area (Å²) in [6.07, 6.45) is 0. The number of carbonyl (C=O) groups is 2. The highest BCUT2D eigenvalue weighted by Gasteiger charge is 2.26. The molecule has 0 aliphatic heterocycles. The molecular weight excluding hydrogens is 226 g/mol. The highest BCUT2D eigenvalue weighted by atomic mass is 16.2. The molecule has 0 aliphatic carbocycles. The minimum atomic E-state index is -0.613. The van der Waals surface area contributed by atoms with Crippen molar-refractivity contribution >= 4 is 11.7 Å². The second kappa shape index (κ2) is 5.17. The van der Waals surface area contributed by atoms with Gasteiger partial charge in [-0.25, -0.2) is 0 Å². The molecule has 0 unspecified atom stereocenters. The number of hydrogen-bond acceptors (Lipinski definition) is 2. The summed E-state index contributed by atoms with van der Waals surface area (Å²) in [5, 5.41) is 2.88. The Morgan fingerprint density at radius 1 is 1.17 bits per heavy atom. The van der Waals surface area contributed by atoms with Crippen LogP contribution in [0, 0.1) is 0 Å². The van der Waals surface area contributed by atoms with Crippen LogP contribution in [0.25, 0.3) is 0 Å². The largest absolute Gasteiger partial charge is 0.343 e. The zero-order valence-electron chi connectivity index (χ0n) is 11.3. The molecule has 0 fully saturated rings. The molecule has 1 aromatic carbocycles. The van der Waals surface area contributed by atoms with E-state index in [4.69, 9.17) is 0 Å². The van der Waals surface area contributed by atoms with Gasteiger partial charge in [-0.05, 0) is 33.3 Å². The molecule has 3 nitrogen and oxygen atoms in total. The lowest BCUT2D eigenvalue weighted by atomic mass is 9.88. The normalized spacial score (nSPS) is 10.9. The topological polar surface area (TPSA) is 46.2 Å². The molecule has 1 rings (SSSR count). The number of Topliss-reactive ketones (excluding diaryl/α,β-unsaturated/α-hetero) is 1. The van der Waals surface area contributed by atoms with Gasteiger partial charge in [0.2, 0.25) is 5.91 Å². The number of nitrogens with one attached hydrogen (secondary N) is 1. The third-order valence-electron chi connectivity index (χ3n) is 2.79. The van der Waals surface area contributed by atoms with E-state index in [1.165, 1.54) is 6.92 Å². The van der Waals surface area contributed by atoms with Crippen LogP contribution in [-0.4, -0.2) is 11.7 Å². The third-order valence-corrected chi connectivity index (χ3v) is 2.79. The second-order valence-electron chi connectivity index (χ2n) is 4.96. The van der Waals surface area contributed by atoms with Crippen LogP contribution in [0.3, 0.4) is 0 Å². The Morgan fingerprint density at radius 3 is 2.22 bits per heavy atom. The van der Waals surface area contributed by atoms with Crippen molar-refractivity contribution in [1.82, 2.24) is 5.32 Å². The molecule has 0 aromatic heterocycles. The molecule has 1 aromatic rings. The molecular formula is C15H19NO2. The standard InChI is InChI=1S/C15H19NO2/c1-10(2)14(18)16-15(4,5)13-9-7-6-8-12(13)11(3)17/h6-9H,1H2,2-5H3,(H,16,18). The number of hydrogen-bond donors (Lipinski definition) is 1. The molecule has 3 heteroatoms. The van der Waals surface area contributed by atoms with E-state index in [9.17, 15) is 9.59 Å². The Morgan fingerprint density at radius 2 is 1.72 bits per heavy atom. The van der Waals surface area contributed by atoms with Crippen molar-refractivity contribution in [2.45, 2.75) is 33.2 Å². The summed E-state index contributed by atoms with van der Waals surface area (Å²) in [5.41, 5.74) is 1.28. The van der Waals surface area contributed by atoms with Crippen molar-refractivity contribution in [1.29, 1.82) is 0 Å². The molecule has 0 spiro atoms. The number of benzene rings is 1. The van der Waals surface area contributed by atoms with Crippen molar-refractivity contribution in [3.05, 3.63) is 47.5 Å². The SMILES string of the molecule is C=C(C)C(=O)NC(C)(C)c1ccccc1C(C)=O. The first-order valence-corrected chi connectivity index (χ1v) is 5.84. The van der Waals surface area contributed by atoms with E-state index >= 15 is 0 Å². The van der Waals surface area contributed by atoms with Crippen molar-refractivity contribution in [2.75, 3.05) is 0 Å². The number of carbonyl (C=O) groups excluding carboxylic acids is 2. The van der Waals surface area contributed by atoms with Crippen LogP contribution in [0.1, 0.15) is 43.6 Å². The summed E-state index contributed by atoms with van der Waals surface area (Å²) in [4.78, 5) is 23.3. The summed E-state index contributed by atoms with van der Waals surface area (Å²) in [6, 6.07) is 7.30. The van der Waals surface area contributed by atoms with Gasteiger partial charge in [0.25, 0.3) is 0 Å². The van der Waals surface area contributed by atoms with Gasteiger partial charge in [0.05, 0.1) is 5.54 Å². The maximum atomic E-state index is 11.7. The van der Waals surface area contributed by atoms with Gasteiger partial charge in [-0.2, -0.15) is 0 Å². The summed E-state index contributed by atoms with van der Waals surface area (Å²) in [6.45, 7) is 10.5. The van der Waals surface area contributed by atoms with Crippen LogP contribution in [0.15, 0.2) is 36.4 Å². The van der Waals surface area contributed by atoms with Crippen molar-refractivity contribution in [3.63, 3.8) is 0 Å². The molecule has 96 valence electrons. The van der Waals surface area contributed by atoms with Crippen molar-refractivity contribution < 1.29 is 9.59 Å². The van der Waals surface area contributed by atoms with Gasteiger partial charge >= 0.3 is 0 Å².